The molecule has 0 amide bonds. The number of aromatic nitrogens is 1. The van der Waals surface area contributed by atoms with Gasteiger partial charge in [-0.15, -0.1) is 0 Å². The van der Waals surface area contributed by atoms with Gasteiger partial charge in [0, 0.05) is 29.2 Å². The summed E-state index contributed by atoms with van der Waals surface area (Å²) in [6, 6.07) is 7.65. The number of rotatable bonds is 3. The SMILES string of the molecule is CC(C)n1c(CN2CCCC2)cc2cc(F)ccc21. The van der Waals surface area contributed by atoms with Crippen molar-refractivity contribution in [2.75, 3.05) is 13.1 Å². The van der Waals surface area contributed by atoms with Crippen molar-refractivity contribution in [3.8, 4) is 0 Å². The first kappa shape index (κ1) is 12.7. The average Bonchev–Trinajstić information content (AvgIpc) is 2.95. The van der Waals surface area contributed by atoms with E-state index in [4.69, 9.17) is 0 Å². The van der Waals surface area contributed by atoms with Crippen LogP contribution in [0.2, 0.25) is 0 Å². The highest BCUT2D eigenvalue weighted by Gasteiger charge is 2.17. The molecule has 3 rings (SSSR count). The number of hydrogen-bond acceptors (Lipinski definition) is 1. The second-order valence-electron chi connectivity index (χ2n) is 5.79. The van der Waals surface area contributed by atoms with Gasteiger partial charge in [0.1, 0.15) is 5.82 Å². The Kier molecular flexibility index (Phi) is 3.31. The van der Waals surface area contributed by atoms with Crippen molar-refractivity contribution in [2.45, 2.75) is 39.3 Å². The molecule has 0 radical (unpaired) electrons. The average molecular weight is 260 g/mol. The van der Waals surface area contributed by atoms with Gasteiger partial charge in [-0.2, -0.15) is 0 Å². The number of nitrogens with zero attached hydrogens (tertiary/aromatic N) is 2. The zero-order chi connectivity index (χ0) is 13.4. The Hall–Kier alpha value is -1.35. The maximum Gasteiger partial charge on any atom is 0.123 e. The molecule has 0 aliphatic carbocycles. The van der Waals surface area contributed by atoms with Crippen molar-refractivity contribution in [1.29, 1.82) is 0 Å². The van der Waals surface area contributed by atoms with E-state index in [0.29, 0.717) is 6.04 Å². The Bertz CT molecular complexity index is 580. The molecule has 1 aromatic heterocycles. The Balaban J connectivity index is 2.03. The summed E-state index contributed by atoms with van der Waals surface area (Å²) in [5.41, 5.74) is 2.45. The van der Waals surface area contributed by atoms with Crippen LogP contribution in [0.15, 0.2) is 24.3 Å². The fourth-order valence-electron chi connectivity index (χ4n) is 3.17. The first-order valence-electron chi connectivity index (χ1n) is 7.17. The zero-order valence-corrected chi connectivity index (χ0v) is 11.7. The largest absolute Gasteiger partial charge is 0.341 e. The van der Waals surface area contributed by atoms with Crippen LogP contribution < -0.4 is 0 Å². The van der Waals surface area contributed by atoms with Crippen LogP contribution in [-0.4, -0.2) is 22.6 Å². The van der Waals surface area contributed by atoms with E-state index < -0.39 is 0 Å². The highest BCUT2D eigenvalue weighted by molar-refractivity contribution is 5.81. The number of likely N-dealkylation sites (tertiary alicyclic amines) is 1. The van der Waals surface area contributed by atoms with Crippen LogP contribution in [0, 0.1) is 5.82 Å². The minimum Gasteiger partial charge on any atom is -0.341 e. The first-order chi connectivity index (χ1) is 9.15. The summed E-state index contributed by atoms with van der Waals surface area (Å²) in [5, 5.41) is 1.02. The lowest BCUT2D eigenvalue weighted by Crippen LogP contribution is -2.21. The Morgan fingerprint density at radius 2 is 1.89 bits per heavy atom. The standard InChI is InChI=1S/C16H21FN2/c1-12(2)19-15(11-18-7-3-4-8-18)10-13-9-14(17)5-6-16(13)19/h5-6,9-10,12H,3-4,7-8,11H2,1-2H3. The van der Waals surface area contributed by atoms with Crippen molar-refractivity contribution < 1.29 is 4.39 Å². The van der Waals surface area contributed by atoms with Gasteiger partial charge in [-0.05, 0) is 64.0 Å². The Morgan fingerprint density at radius 3 is 2.58 bits per heavy atom. The minimum atomic E-state index is -0.152. The summed E-state index contributed by atoms with van der Waals surface area (Å²) in [5.74, 6) is -0.152. The van der Waals surface area contributed by atoms with E-state index in [1.807, 2.05) is 6.07 Å². The van der Waals surface area contributed by atoms with E-state index in [-0.39, 0.29) is 5.82 Å². The van der Waals surface area contributed by atoms with Crippen LogP contribution in [0.5, 0.6) is 0 Å². The van der Waals surface area contributed by atoms with E-state index in [0.717, 1.165) is 17.4 Å². The number of fused-ring (bicyclic) bond motifs is 1. The van der Waals surface area contributed by atoms with E-state index in [1.165, 1.54) is 31.6 Å². The molecule has 1 fully saturated rings. The third-order valence-corrected chi connectivity index (χ3v) is 3.98. The maximum atomic E-state index is 13.4. The van der Waals surface area contributed by atoms with Crippen molar-refractivity contribution in [1.82, 2.24) is 9.47 Å². The second-order valence-corrected chi connectivity index (χ2v) is 5.79. The molecule has 1 saturated heterocycles. The van der Waals surface area contributed by atoms with E-state index in [1.54, 1.807) is 12.1 Å². The van der Waals surface area contributed by atoms with Gasteiger partial charge in [0.25, 0.3) is 0 Å². The monoisotopic (exact) mass is 260 g/mol. The molecule has 0 saturated carbocycles. The molecule has 0 unspecified atom stereocenters. The summed E-state index contributed by atoms with van der Waals surface area (Å²) in [6.45, 7) is 7.74. The minimum absolute atomic E-state index is 0.152. The Morgan fingerprint density at radius 1 is 1.16 bits per heavy atom. The quantitative estimate of drug-likeness (QED) is 0.811. The van der Waals surface area contributed by atoms with Crippen LogP contribution >= 0.6 is 0 Å². The van der Waals surface area contributed by atoms with E-state index in [2.05, 4.69) is 29.4 Å². The molecule has 1 aliphatic rings. The topological polar surface area (TPSA) is 8.17 Å². The van der Waals surface area contributed by atoms with Crippen molar-refractivity contribution in [3.05, 3.63) is 35.8 Å². The normalized spacial score (nSPS) is 16.8. The molecule has 0 N–H and O–H groups in total. The maximum absolute atomic E-state index is 13.4. The molecule has 0 atom stereocenters. The highest BCUT2D eigenvalue weighted by Crippen LogP contribution is 2.26. The number of hydrogen-bond donors (Lipinski definition) is 0. The van der Waals surface area contributed by atoms with Gasteiger partial charge >= 0.3 is 0 Å². The predicted molar refractivity (Wildman–Crippen MR) is 76.8 cm³/mol. The third-order valence-electron chi connectivity index (χ3n) is 3.98. The fourth-order valence-corrected chi connectivity index (χ4v) is 3.17. The smallest absolute Gasteiger partial charge is 0.123 e. The van der Waals surface area contributed by atoms with Crippen LogP contribution in [0.25, 0.3) is 10.9 Å². The summed E-state index contributed by atoms with van der Waals surface area (Å²) in [7, 11) is 0. The van der Waals surface area contributed by atoms with Crippen LogP contribution in [-0.2, 0) is 6.54 Å². The molecule has 1 aromatic carbocycles. The van der Waals surface area contributed by atoms with Crippen molar-refractivity contribution >= 4 is 10.9 Å². The number of halogens is 1. The Labute approximate surface area is 113 Å². The van der Waals surface area contributed by atoms with Crippen LogP contribution in [0.4, 0.5) is 4.39 Å². The van der Waals surface area contributed by atoms with Crippen LogP contribution in [0.3, 0.4) is 0 Å². The fraction of sp³-hybridized carbons (Fsp3) is 0.500. The van der Waals surface area contributed by atoms with Gasteiger partial charge in [-0.1, -0.05) is 0 Å². The zero-order valence-electron chi connectivity index (χ0n) is 11.7. The van der Waals surface area contributed by atoms with Gasteiger partial charge in [-0.25, -0.2) is 4.39 Å². The molecule has 0 spiro atoms. The van der Waals surface area contributed by atoms with Crippen LogP contribution in [0.1, 0.15) is 38.4 Å². The molecule has 3 heteroatoms. The third kappa shape index (κ3) is 2.39. The van der Waals surface area contributed by atoms with Gasteiger partial charge in [0.05, 0.1) is 0 Å². The second kappa shape index (κ2) is 4.97. The molecule has 102 valence electrons. The molecule has 0 bridgehead atoms. The summed E-state index contributed by atoms with van der Waals surface area (Å²) >= 11 is 0. The molecular weight excluding hydrogens is 239 g/mol. The number of benzene rings is 1. The molecule has 2 heterocycles. The lowest BCUT2D eigenvalue weighted by molar-refractivity contribution is 0.319. The van der Waals surface area contributed by atoms with E-state index >= 15 is 0 Å². The van der Waals surface area contributed by atoms with Gasteiger partial charge in [0.2, 0.25) is 0 Å². The molecule has 2 aromatic rings. The van der Waals surface area contributed by atoms with Gasteiger partial charge < -0.3 is 4.57 Å². The molecule has 19 heavy (non-hydrogen) atoms. The lowest BCUT2D eigenvalue weighted by atomic mass is 10.2. The van der Waals surface area contributed by atoms with Crippen molar-refractivity contribution in [2.24, 2.45) is 0 Å². The van der Waals surface area contributed by atoms with Crippen molar-refractivity contribution in [3.63, 3.8) is 0 Å². The predicted octanol–water partition coefficient (Wildman–Crippen LogP) is 3.96. The summed E-state index contributed by atoms with van der Waals surface area (Å²) < 4.78 is 15.7. The highest BCUT2D eigenvalue weighted by atomic mass is 19.1. The lowest BCUT2D eigenvalue weighted by Gasteiger charge is -2.19. The van der Waals surface area contributed by atoms with E-state index in [9.17, 15) is 4.39 Å². The first-order valence-corrected chi connectivity index (χ1v) is 7.17. The molecule has 1 aliphatic heterocycles. The molecular formula is C16H21FN2. The molecule has 2 nitrogen and oxygen atoms in total. The summed E-state index contributed by atoms with van der Waals surface area (Å²) in [4.78, 5) is 2.49. The van der Waals surface area contributed by atoms with Gasteiger partial charge in [0.15, 0.2) is 0 Å². The van der Waals surface area contributed by atoms with Gasteiger partial charge in [-0.3, -0.25) is 4.90 Å². The summed E-state index contributed by atoms with van der Waals surface area (Å²) in [6.07, 6.45) is 2.60.